The number of carbonyl (C=O) groups excluding carboxylic acids is 2. The summed E-state index contributed by atoms with van der Waals surface area (Å²) in [5.41, 5.74) is 10.7. The molecule has 196 valence electrons. The van der Waals surface area contributed by atoms with E-state index in [0.29, 0.717) is 5.92 Å². The van der Waals surface area contributed by atoms with Crippen molar-refractivity contribution >= 4 is 17.5 Å². The molecule has 1 spiro atoms. The molecule has 37 heavy (non-hydrogen) atoms. The number of hydrogen-bond donors (Lipinski definition) is 3. The lowest BCUT2D eigenvalue weighted by molar-refractivity contribution is -0.135. The van der Waals surface area contributed by atoms with Gasteiger partial charge in [0, 0.05) is 30.3 Å². The summed E-state index contributed by atoms with van der Waals surface area (Å²) in [6.45, 7) is 4.77. The fourth-order valence-electron chi connectivity index (χ4n) is 7.82. The fourth-order valence-corrected chi connectivity index (χ4v) is 7.82. The van der Waals surface area contributed by atoms with E-state index in [0.717, 1.165) is 30.6 Å². The van der Waals surface area contributed by atoms with Crippen molar-refractivity contribution in [1.82, 2.24) is 15.1 Å². The predicted octanol–water partition coefficient (Wildman–Crippen LogP) is 3.37. The van der Waals surface area contributed by atoms with E-state index in [9.17, 15) is 9.59 Å². The smallest absolute Gasteiger partial charge is 0.336 e. The molecule has 3 aliphatic carbocycles. The number of likely N-dealkylation sites (tertiary alicyclic amines) is 1. The van der Waals surface area contributed by atoms with E-state index >= 15 is 0 Å². The van der Waals surface area contributed by atoms with Crippen LogP contribution in [-0.2, 0) is 21.4 Å². The van der Waals surface area contributed by atoms with Crippen LogP contribution in [0.4, 0.5) is 5.69 Å². The van der Waals surface area contributed by atoms with E-state index < -0.39 is 11.5 Å². The van der Waals surface area contributed by atoms with Crippen LogP contribution in [0.15, 0.2) is 48.5 Å². The highest BCUT2D eigenvalue weighted by Gasteiger charge is 2.78. The maximum Gasteiger partial charge on any atom is 0.336 e. The number of rotatable bonds is 7. The second kappa shape index (κ2) is 8.48. The van der Waals surface area contributed by atoms with Crippen molar-refractivity contribution in [3.8, 4) is 0 Å². The molecule has 0 aromatic heterocycles. The lowest BCUT2D eigenvalue weighted by Gasteiger charge is -2.42. The van der Waals surface area contributed by atoms with E-state index in [2.05, 4.69) is 54.1 Å². The van der Waals surface area contributed by atoms with Crippen LogP contribution in [0.25, 0.3) is 0 Å². The Hall–Kier alpha value is -2.54. The number of hydrogen-bond acceptors (Lipinski definition) is 4. The van der Waals surface area contributed by atoms with E-state index in [4.69, 9.17) is 5.73 Å². The Bertz CT molecular complexity index is 1240. The Morgan fingerprint density at radius 1 is 1.16 bits per heavy atom. The molecule has 2 aromatic carbocycles. The number of fused-ring (bicyclic) bond motifs is 2. The van der Waals surface area contributed by atoms with Crippen LogP contribution >= 0.6 is 0 Å². The first-order valence-electron chi connectivity index (χ1n) is 14.0. The molecule has 4 unspecified atom stereocenters. The third kappa shape index (κ3) is 3.49. The summed E-state index contributed by atoms with van der Waals surface area (Å²) in [5.74, 6) is 0.830. The second-order valence-electron chi connectivity index (χ2n) is 12.7. The Morgan fingerprint density at radius 2 is 1.86 bits per heavy atom. The zero-order chi connectivity index (χ0) is 26.2. The molecular formula is C31H41N4O2+. The maximum atomic E-state index is 13.9. The van der Waals surface area contributed by atoms with Crippen LogP contribution < -0.4 is 20.9 Å². The molecule has 2 saturated carbocycles. The molecule has 2 amide bonds. The van der Waals surface area contributed by atoms with Crippen molar-refractivity contribution in [1.29, 1.82) is 0 Å². The minimum atomic E-state index is -0.672. The van der Waals surface area contributed by atoms with Crippen molar-refractivity contribution in [3.63, 3.8) is 0 Å². The van der Waals surface area contributed by atoms with Crippen molar-refractivity contribution < 1.29 is 9.59 Å². The maximum absolute atomic E-state index is 13.9. The summed E-state index contributed by atoms with van der Waals surface area (Å²) >= 11 is 0. The fraction of sp³-hybridized carbons (Fsp3) is 0.548. The minimum Gasteiger partial charge on any atom is -0.351 e. The number of nitrogens with one attached hydrogen (secondary N) is 2. The van der Waals surface area contributed by atoms with Gasteiger partial charge in [-0.3, -0.25) is 4.79 Å². The van der Waals surface area contributed by atoms with E-state index in [1.165, 1.54) is 30.4 Å². The zero-order valence-corrected chi connectivity index (χ0v) is 22.6. The molecule has 1 aliphatic heterocycles. The summed E-state index contributed by atoms with van der Waals surface area (Å²) in [5, 5.41) is 6.57. The Balaban J connectivity index is 1.24. The summed E-state index contributed by atoms with van der Waals surface area (Å²) in [6, 6.07) is 16.6. The molecule has 2 aromatic rings. The van der Waals surface area contributed by atoms with Gasteiger partial charge in [-0.15, -0.1) is 0 Å². The second-order valence-corrected chi connectivity index (χ2v) is 12.7. The van der Waals surface area contributed by atoms with Crippen LogP contribution in [0.3, 0.4) is 0 Å². The molecule has 1 heterocycles. The van der Waals surface area contributed by atoms with Gasteiger partial charge >= 0.3 is 5.91 Å². The summed E-state index contributed by atoms with van der Waals surface area (Å²) in [4.78, 5) is 27.3. The quantitative estimate of drug-likeness (QED) is 0.508. The largest absolute Gasteiger partial charge is 0.351 e. The number of nitrogens with zero attached hydrogens (tertiary/aromatic N) is 1. The molecular weight excluding hydrogens is 460 g/mol. The molecule has 3 fully saturated rings. The van der Waals surface area contributed by atoms with Gasteiger partial charge in [0.2, 0.25) is 5.91 Å². The Kier molecular flexibility index (Phi) is 5.68. The van der Waals surface area contributed by atoms with Crippen molar-refractivity contribution in [3.05, 3.63) is 65.2 Å². The number of likely N-dealkylation sites (N-methyl/N-ethyl adjacent to an activating group) is 2. The van der Waals surface area contributed by atoms with Crippen molar-refractivity contribution in [2.24, 2.45) is 17.1 Å². The van der Waals surface area contributed by atoms with Gasteiger partial charge in [0.1, 0.15) is 17.8 Å². The molecule has 4 N–H and O–H groups in total. The normalized spacial score (nSPS) is 33.1. The van der Waals surface area contributed by atoms with Gasteiger partial charge in [0.25, 0.3) is 0 Å². The summed E-state index contributed by atoms with van der Waals surface area (Å²) in [7, 11) is 3.99. The monoisotopic (exact) mass is 501 g/mol. The van der Waals surface area contributed by atoms with E-state index in [-0.39, 0.29) is 39.7 Å². The molecule has 6 nitrogen and oxygen atoms in total. The zero-order valence-electron chi connectivity index (χ0n) is 22.6. The molecule has 6 atom stereocenters. The molecule has 4 aliphatic rings. The van der Waals surface area contributed by atoms with Gasteiger partial charge in [-0.1, -0.05) is 42.8 Å². The highest BCUT2D eigenvalue weighted by Crippen LogP contribution is 2.70. The topological polar surface area (TPSA) is 84.2 Å². The van der Waals surface area contributed by atoms with Gasteiger partial charge in [-0.25, -0.2) is 9.28 Å². The number of amides is 2. The number of quaternary nitrogens is 1. The van der Waals surface area contributed by atoms with Gasteiger partial charge in [-0.2, -0.15) is 0 Å². The minimum absolute atomic E-state index is 0.0524. The first-order chi connectivity index (χ1) is 17.6. The predicted molar refractivity (Wildman–Crippen MR) is 147 cm³/mol. The third-order valence-corrected chi connectivity index (χ3v) is 10.5. The summed E-state index contributed by atoms with van der Waals surface area (Å²) in [6.07, 6.45) is 5.64. The number of nitrogens with two attached hydrogens (primary N) is 1. The molecule has 1 saturated heterocycles. The molecule has 6 rings (SSSR count). The van der Waals surface area contributed by atoms with Crippen LogP contribution in [0.1, 0.15) is 62.1 Å². The molecule has 0 bridgehead atoms. The van der Waals surface area contributed by atoms with Crippen molar-refractivity contribution in [2.45, 2.75) is 75.4 Å². The average molecular weight is 502 g/mol. The van der Waals surface area contributed by atoms with Crippen LogP contribution in [0, 0.1) is 11.3 Å². The van der Waals surface area contributed by atoms with Gasteiger partial charge in [0.05, 0.1) is 12.5 Å². The van der Waals surface area contributed by atoms with Crippen LogP contribution in [-0.4, -0.2) is 50.6 Å². The SMILES string of the molecule is CNC[C@@H](NC(=O)C(C)(C)c1ccc([N+]2(C)C(=O)[C@@H](N)C3c4ccccc4CC34CC42)cc1)C1CCC1. The number of carbonyl (C=O) groups is 2. The highest BCUT2D eigenvalue weighted by atomic mass is 16.2. The van der Waals surface area contributed by atoms with Crippen molar-refractivity contribution in [2.75, 3.05) is 20.6 Å². The van der Waals surface area contributed by atoms with E-state index in [1.54, 1.807) is 0 Å². The van der Waals surface area contributed by atoms with Gasteiger partial charge in [-0.05, 0) is 74.9 Å². The average Bonchev–Trinajstić information content (AvgIpc) is 3.47. The lowest BCUT2D eigenvalue weighted by atomic mass is 9.78. The van der Waals surface area contributed by atoms with Crippen LogP contribution in [0.5, 0.6) is 0 Å². The third-order valence-electron chi connectivity index (χ3n) is 10.5. The van der Waals surface area contributed by atoms with E-state index in [1.807, 2.05) is 33.0 Å². The summed E-state index contributed by atoms with van der Waals surface area (Å²) < 4.78 is 0.254. The molecule has 0 radical (unpaired) electrons. The van der Waals surface area contributed by atoms with Gasteiger partial charge in [0.15, 0.2) is 0 Å². The number of piperidine rings is 1. The number of benzene rings is 2. The first-order valence-corrected chi connectivity index (χ1v) is 14.0. The van der Waals surface area contributed by atoms with Gasteiger partial charge < -0.3 is 16.4 Å². The molecule has 6 heteroatoms. The highest BCUT2D eigenvalue weighted by molar-refractivity contribution is 5.96. The Labute approximate surface area is 220 Å². The van der Waals surface area contributed by atoms with Crippen LogP contribution in [0.2, 0.25) is 0 Å². The standard InChI is InChI=1S/C31H40N4O2/c1-30(2,29(37)34-24(18-33-3)19-9-7-10-19)21-12-14-22(15-13-21)35(4)25-17-31(25)16-20-8-5-6-11-23(20)26(31)27(32)28(35)36/h5-6,8,11-15,19,24-27,33H,7,9-10,16-18,32H2,1-4H3/p+1/t24-,25?,26?,27+,31?,35?/m1/s1. The Morgan fingerprint density at radius 3 is 2.51 bits per heavy atom. The lowest BCUT2D eigenvalue weighted by Crippen LogP contribution is -2.66. The first kappa shape index (κ1) is 24.8.